The number of hydrogen-bond donors (Lipinski definition) is 2. The largest absolute Gasteiger partial charge is 0.508 e. The molecule has 3 aromatic rings. The average Bonchev–Trinajstić information content (AvgIpc) is 3.08. The van der Waals surface area contributed by atoms with Crippen LogP contribution in [0.4, 0.5) is 0 Å². The number of rotatable bonds is 5. The van der Waals surface area contributed by atoms with Gasteiger partial charge in [-0.15, -0.1) is 0 Å². The minimum absolute atomic E-state index is 0.143. The van der Waals surface area contributed by atoms with Crippen LogP contribution in [0.25, 0.3) is 16.6 Å². The first kappa shape index (κ1) is 20.3. The summed E-state index contributed by atoms with van der Waals surface area (Å²) in [5.41, 5.74) is 4.15. The van der Waals surface area contributed by atoms with Gasteiger partial charge in [-0.25, -0.2) is 0 Å². The summed E-state index contributed by atoms with van der Waals surface area (Å²) in [5, 5.41) is 14.4. The van der Waals surface area contributed by atoms with Crippen LogP contribution in [0.5, 0.6) is 11.5 Å². The maximum absolute atomic E-state index is 12.9. The van der Waals surface area contributed by atoms with E-state index in [1.807, 2.05) is 37.3 Å². The number of benzene rings is 2. The molecule has 0 atom stereocenters. The van der Waals surface area contributed by atoms with Gasteiger partial charge in [0.2, 0.25) is 0 Å². The summed E-state index contributed by atoms with van der Waals surface area (Å²) in [4.78, 5) is 15.3. The Morgan fingerprint density at radius 1 is 1.10 bits per heavy atom. The number of phenolic OH excluding ortho intramolecular Hbond substituents is 1. The van der Waals surface area contributed by atoms with Crippen molar-refractivity contribution in [1.82, 2.24) is 14.8 Å². The Labute approximate surface area is 177 Å². The van der Waals surface area contributed by atoms with Gasteiger partial charge in [0.15, 0.2) is 0 Å². The number of aromatic nitrogens is 1. The maximum atomic E-state index is 12.9. The molecule has 1 aliphatic rings. The molecule has 158 valence electrons. The van der Waals surface area contributed by atoms with Crippen molar-refractivity contribution in [1.29, 1.82) is 0 Å². The number of phenols is 1. The smallest absolute Gasteiger partial charge is 0.253 e. The van der Waals surface area contributed by atoms with Crippen molar-refractivity contribution in [3.05, 3.63) is 53.2 Å². The minimum Gasteiger partial charge on any atom is -0.508 e. The zero-order valence-corrected chi connectivity index (χ0v) is 17.9. The fourth-order valence-electron chi connectivity index (χ4n) is 4.53. The summed E-state index contributed by atoms with van der Waals surface area (Å²) in [6.07, 6.45) is 3.60. The summed E-state index contributed by atoms with van der Waals surface area (Å²) in [6.45, 7) is 4.63. The molecule has 1 aromatic heterocycles. The van der Waals surface area contributed by atoms with Crippen molar-refractivity contribution in [2.24, 2.45) is 0 Å². The average molecular weight is 408 g/mol. The number of piperidine rings is 1. The standard InChI is InChI=1S/C24H29N3O3/c1-16-22(24(29)25-2)23-19(15-26-13-5-4-6-14-26)21(28)12-11-20(23)27(16)17-7-9-18(30-3)10-8-17/h7-12,28H,4-6,13-15H2,1-3H3,(H,25,29). The van der Waals surface area contributed by atoms with E-state index in [1.165, 1.54) is 19.3 Å². The van der Waals surface area contributed by atoms with Gasteiger partial charge >= 0.3 is 0 Å². The van der Waals surface area contributed by atoms with Crippen LogP contribution < -0.4 is 10.1 Å². The number of aromatic hydroxyl groups is 1. The van der Waals surface area contributed by atoms with Crippen LogP contribution in [-0.4, -0.2) is 47.7 Å². The fourth-order valence-corrected chi connectivity index (χ4v) is 4.53. The maximum Gasteiger partial charge on any atom is 0.253 e. The second kappa shape index (κ2) is 8.40. The highest BCUT2D eigenvalue weighted by atomic mass is 16.5. The number of likely N-dealkylation sites (tertiary alicyclic amines) is 1. The van der Waals surface area contributed by atoms with Gasteiger partial charge in [-0.3, -0.25) is 9.69 Å². The summed E-state index contributed by atoms with van der Waals surface area (Å²) in [7, 11) is 3.29. The van der Waals surface area contributed by atoms with Gasteiger partial charge in [0.25, 0.3) is 5.91 Å². The number of fused-ring (bicyclic) bond motifs is 1. The molecule has 0 unspecified atom stereocenters. The van der Waals surface area contributed by atoms with Gasteiger partial charge in [-0.1, -0.05) is 6.42 Å². The van der Waals surface area contributed by atoms with Crippen LogP contribution in [0, 0.1) is 6.92 Å². The first-order valence-corrected chi connectivity index (χ1v) is 10.5. The van der Waals surface area contributed by atoms with E-state index in [1.54, 1.807) is 20.2 Å². The molecule has 1 saturated heterocycles. The number of ether oxygens (including phenoxy) is 1. The minimum atomic E-state index is -0.143. The summed E-state index contributed by atoms with van der Waals surface area (Å²) < 4.78 is 7.37. The van der Waals surface area contributed by atoms with Crippen molar-refractivity contribution >= 4 is 16.8 Å². The number of methoxy groups -OCH3 is 1. The molecule has 0 aliphatic carbocycles. The summed E-state index contributed by atoms with van der Waals surface area (Å²) in [5.74, 6) is 0.878. The van der Waals surface area contributed by atoms with Crippen molar-refractivity contribution in [3.63, 3.8) is 0 Å². The number of carbonyl (C=O) groups is 1. The lowest BCUT2D eigenvalue weighted by atomic mass is 10.0. The second-order valence-corrected chi connectivity index (χ2v) is 7.87. The molecule has 30 heavy (non-hydrogen) atoms. The van der Waals surface area contributed by atoms with Gasteiger partial charge in [0.1, 0.15) is 11.5 Å². The van der Waals surface area contributed by atoms with E-state index < -0.39 is 0 Å². The van der Waals surface area contributed by atoms with E-state index in [0.29, 0.717) is 12.1 Å². The topological polar surface area (TPSA) is 66.7 Å². The second-order valence-electron chi connectivity index (χ2n) is 7.87. The third-order valence-electron chi connectivity index (χ3n) is 6.07. The lowest BCUT2D eigenvalue weighted by Crippen LogP contribution is -2.29. The number of carbonyl (C=O) groups excluding carboxylic acids is 1. The number of nitrogens with zero attached hydrogens (tertiary/aromatic N) is 2. The molecule has 6 nitrogen and oxygen atoms in total. The lowest BCUT2D eigenvalue weighted by Gasteiger charge is -2.27. The van der Waals surface area contributed by atoms with E-state index in [-0.39, 0.29) is 11.7 Å². The Hall–Kier alpha value is -2.99. The number of amides is 1. The highest BCUT2D eigenvalue weighted by molar-refractivity contribution is 6.10. The number of nitrogens with one attached hydrogen (secondary N) is 1. The molecule has 2 N–H and O–H groups in total. The molecular weight excluding hydrogens is 378 g/mol. The Morgan fingerprint density at radius 2 is 1.80 bits per heavy atom. The van der Waals surface area contributed by atoms with Gasteiger partial charge in [0, 0.05) is 35.9 Å². The molecular formula is C24H29N3O3. The quantitative estimate of drug-likeness (QED) is 0.671. The van der Waals surface area contributed by atoms with E-state index in [4.69, 9.17) is 4.74 Å². The van der Waals surface area contributed by atoms with Crippen LogP contribution >= 0.6 is 0 Å². The predicted octanol–water partition coefficient (Wildman–Crippen LogP) is 4.00. The Balaban J connectivity index is 1.94. The third kappa shape index (κ3) is 3.52. The normalized spacial score (nSPS) is 14.8. The Morgan fingerprint density at radius 3 is 2.43 bits per heavy atom. The third-order valence-corrected chi connectivity index (χ3v) is 6.07. The van der Waals surface area contributed by atoms with Gasteiger partial charge in [0.05, 0.1) is 18.2 Å². The molecule has 0 spiro atoms. The van der Waals surface area contributed by atoms with Crippen LogP contribution in [0.3, 0.4) is 0 Å². The molecule has 1 aliphatic heterocycles. The van der Waals surface area contributed by atoms with Gasteiger partial charge < -0.3 is 19.7 Å². The van der Waals surface area contributed by atoms with E-state index in [9.17, 15) is 9.90 Å². The van der Waals surface area contributed by atoms with E-state index >= 15 is 0 Å². The predicted molar refractivity (Wildman–Crippen MR) is 119 cm³/mol. The monoisotopic (exact) mass is 407 g/mol. The highest BCUT2D eigenvalue weighted by Gasteiger charge is 2.25. The van der Waals surface area contributed by atoms with Crippen LogP contribution in [0.15, 0.2) is 36.4 Å². The molecule has 0 saturated carbocycles. The van der Waals surface area contributed by atoms with Crippen molar-refractivity contribution in [2.75, 3.05) is 27.2 Å². The van der Waals surface area contributed by atoms with Crippen molar-refractivity contribution in [2.45, 2.75) is 32.7 Å². The van der Waals surface area contributed by atoms with Crippen molar-refractivity contribution < 1.29 is 14.6 Å². The molecule has 0 bridgehead atoms. The molecule has 6 heteroatoms. The fraction of sp³-hybridized carbons (Fsp3) is 0.375. The van der Waals surface area contributed by atoms with Gasteiger partial charge in [-0.05, 0) is 69.3 Å². The SMILES string of the molecule is CNC(=O)c1c(C)n(-c2ccc(OC)cc2)c2ccc(O)c(CN3CCCCC3)c12. The van der Waals surface area contributed by atoms with E-state index in [0.717, 1.165) is 46.7 Å². The van der Waals surface area contributed by atoms with Crippen LogP contribution in [-0.2, 0) is 6.54 Å². The Kier molecular flexibility index (Phi) is 5.68. The van der Waals surface area contributed by atoms with Crippen molar-refractivity contribution in [3.8, 4) is 17.2 Å². The summed E-state index contributed by atoms with van der Waals surface area (Å²) >= 11 is 0. The molecule has 0 radical (unpaired) electrons. The lowest BCUT2D eigenvalue weighted by molar-refractivity contribution is 0.0964. The first-order valence-electron chi connectivity index (χ1n) is 10.5. The zero-order valence-electron chi connectivity index (χ0n) is 17.9. The molecule has 1 amide bonds. The van der Waals surface area contributed by atoms with E-state index in [2.05, 4.69) is 14.8 Å². The molecule has 4 rings (SSSR count). The first-order chi connectivity index (χ1) is 14.5. The Bertz CT molecular complexity index is 1060. The van der Waals surface area contributed by atoms with Crippen LogP contribution in [0.1, 0.15) is 40.9 Å². The molecule has 2 aromatic carbocycles. The van der Waals surface area contributed by atoms with Crippen LogP contribution in [0.2, 0.25) is 0 Å². The number of hydrogen-bond acceptors (Lipinski definition) is 4. The summed E-state index contributed by atoms with van der Waals surface area (Å²) in [6, 6.07) is 11.4. The highest BCUT2D eigenvalue weighted by Crippen LogP contribution is 2.37. The molecule has 2 heterocycles. The van der Waals surface area contributed by atoms with Gasteiger partial charge in [-0.2, -0.15) is 0 Å². The zero-order chi connectivity index (χ0) is 21.3. The molecule has 1 fully saturated rings.